The molecule has 29 heavy (non-hydrogen) atoms. The molecule has 1 saturated heterocycles. The van der Waals surface area contributed by atoms with Gasteiger partial charge in [0.2, 0.25) is 5.91 Å². The first-order chi connectivity index (χ1) is 13.5. The van der Waals surface area contributed by atoms with Crippen LogP contribution in [0.2, 0.25) is 0 Å². The van der Waals surface area contributed by atoms with Gasteiger partial charge in [0, 0.05) is 26.2 Å². The molecule has 1 aromatic rings. The van der Waals surface area contributed by atoms with Crippen LogP contribution in [0.15, 0.2) is 18.2 Å². The number of rotatable bonds is 5. The number of ether oxygens (including phenoxy) is 2. The van der Waals surface area contributed by atoms with Gasteiger partial charge in [-0.2, -0.15) is 0 Å². The van der Waals surface area contributed by atoms with E-state index in [0.29, 0.717) is 31.9 Å². The first kappa shape index (κ1) is 22.5. The summed E-state index contributed by atoms with van der Waals surface area (Å²) in [4.78, 5) is 39.6. The summed E-state index contributed by atoms with van der Waals surface area (Å²) in [5, 5.41) is 2.47. The van der Waals surface area contributed by atoms with Crippen molar-refractivity contribution in [1.82, 2.24) is 15.1 Å². The number of hydrogen-bond acceptors (Lipinski definition) is 5. The number of nitrogens with zero attached hydrogens (tertiary/aromatic N) is 2. The first-order valence-electron chi connectivity index (χ1n) is 9.77. The molecule has 3 amide bonds. The zero-order valence-corrected chi connectivity index (χ0v) is 17.9. The van der Waals surface area contributed by atoms with Crippen molar-refractivity contribution in [2.24, 2.45) is 0 Å². The summed E-state index contributed by atoms with van der Waals surface area (Å²) in [7, 11) is 0. The lowest BCUT2D eigenvalue weighted by Crippen LogP contribution is -2.53. The molecule has 2 rings (SSSR count). The Balaban J connectivity index is 1.73. The van der Waals surface area contributed by atoms with Crippen LogP contribution >= 0.6 is 0 Å². The topological polar surface area (TPSA) is 88.2 Å². The van der Waals surface area contributed by atoms with E-state index in [-0.39, 0.29) is 25.0 Å². The minimum atomic E-state index is -0.622. The maximum absolute atomic E-state index is 12.4. The SMILES string of the molecule is Cc1ccc(OCC(=O)N2CCN(C(=O)CNC(=O)OC(C)(C)C)CC2)c(C)c1. The Morgan fingerprint density at radius 3 is 2.14 bits per heavy atom. The van der Waals surface area contributed by atoms with Crippen molar-refractivity contribution in [2.75, 3.05) is 39.3 Å². The first-order valence-corrected chi connectivity index (χ1v) is 9.77. The van der Waals surface area contributed by atoms with Crippen LogP contribution in [-0.2, 0) is 14.3 Å². The summed E-state index contributed by atoms with van der Waals surface area (Å²) in [6.45, 7) is 10.8. The van der Waals surface area contributed by atoms with Crippen LogP contribution in [0.5, 0.6) is 5.75 Å². The molecule has 0 bridgehead atoms. The largest absolute Gasteiger partial charge is 0.484 e. The third kappa shape index (κ3) is 7.29. The number of hydrogen-bond donors (Lipinski definition) is 1. The van der Waals surface area contributed by atoms with Crippen molar-refractivity contribution in [3.63, 3.8) is 0 Å². The molecule has 0 atom stereocenters. The highest BCUT2D eigenvalue weighted by Gasteiger charge is 2.25. The molecular formula is C21H31N3O5. The number of carbonyl (C=O) groups excluding carboxylic acids is 3. The minimum absolute atomic E-state index is 0.0297. The lowest BCUT2D eigenvalue weighted by atomic mass is 10.1. The van der Waals surface area contributed by atoms with E-state index in [0.717, 1.165) is 11.1 Å². The van der Waals surface area contributed by atoms with E-state index in [1.165, 1.54) is 0 Å². The zero-order valence-electron chi connectivity index (χ0n) is 17.9. The molecule has 1 N–H and O–H groups in total. The van der Waals surface area contributed by atoms with Gasteiger partial charge in [0.15, 0.2) is 6.61 Å². The van der Waals surface area contributed by atoms with Gasteiger partial charge in [-0.15, -0.1) is 0 Å². The van der Waals surface area contributed by atoms with Gasteiger partial charge in [-0.1, -0.05) is 17.7 Å². The molecule has 0 unspecified atom stereocenters. The fraction of sp³-hybridized carbons (Fsp3) is 0.571. The molecule has 0 radical (unpaired) electrons. The number of amides is 3. The zero-order chi connectivity index (χ0) is 21.6. The lowest BCUT2D eigenvalue weighted by molar-refractivity contribution is -0.140. The number of alkyl carbamates (subject to hydrolysis) is 1. The summed E-state index contributed by atoms with van der Waals surface area (Å²) in [5.74, 6) is 0.393. The van der Waals surface area contributed by atoms with Crippen molar-refractivity contribution in [3.8, 4) is 5.75 Å². The van der Waals surface area contributed by atoms with E-state index >= 15 is 0 Å². The Morgan fingerprint density at radius 2 is 1.59 bits per heavy atom. The van der Waals surface area contributed by atoms with Crippen molar-refractivity contribution in [2.45, 2.75) is 40.2 Å². The van der Waals surface area contributed by atoms with Gasteiger partial charge in [-0.05, 0) is 46.2 Å². The van der Waals surface area contributed by atoms with Crippen LogP contribution in [0.4, 0.5) is 4.79 Å². The van der Waals surface area contributed by atoms with Gasteiger partial charge >= 0.3 is 6.09 Å². The van der Waals surface area contributed by atoms with Crippen LogP contribution in [0.1, 0.15) is 31.9 Å². The molecule has 160 valence electrons. The van der Waals surface area contributed by atoms with Crippen molar-refractivity contribution in [3.05, 3.63) is 29.3 Å². The van der Waals surface area contributed by atoms with Gasteiger partial charge in [-0.25, -0.2) is 4.79 Å². The molecule has 1 aliphatic rings. The standard InChI is InChI=1S/C21H31N3O5/c1-15-6-7-17(16(2)12-15)28-14-19(26)24-10-8-23(9-11-24)18(25)13-22-20(27)29-21(3,4)5/h6-7,12H,8-11,13-14H2,1-5H3,(H,22,27). The summed E-state index contributed by atoms with van der Waals surface area (Å²) < 4.78 is 10.8. The number of benzene rings is 1. The minimum Gasteiger partial charge on any atom is -0.484 e. The van der Waals surface area contributed by atoms with Crippen LogP contribution in [0.3, 0.4) is 0 Å². The van der Waals surface area contributed by atoms with Gasteiger partial charge < -0.3 is 24.6 Å². The summed E-state index contributed by atoms with van der Waals surface area (Å²) in [5.41, 5.74) is 1.52. The number of piperazine rings is 1. The second kappa shape index (κ2) is 9.62. The van der Waals surface area contributed by atoms with Crippen LogP contribution in [0, 0.1) is 13.8 Å². The Hall–Kier alpha value is -2.77. The summed E-state index contributed by atoms with van der Waals surface area (Å²) in [6.07, 6.45) is -0.622. The molecule has 0 aliphatic carbocycles. The average molecular weight is 405 g/mol. The molecular weight excluding hydrogens is 374 g/mol. The maximum Gasteiger partial charge on any atom is 0.408 e. The van der Waals surface area contributed by atoms with Crippen LogP contribution in [0.25, 0.3) is 0 Å². The second-order valence-corrected chi connectivity index (χ2v) is 8.17. The monoisotopic (exact) mass is 405 g/mol. The molecule has 1 aromatic carbocycles. The van der Waals surface area contributed by atoms with E-state index in [4.69, 9.17) is 9.47 Å². The highest BCUT2D eigenvalue weighted by molar-refractivity contribution is 5.83. The predicted octanol–water partition coefficient (Wildman–Crippen LogP) is 1.88. The Kier molecular flexibility index (Phi) is 7.47. The molecule has 0 saturated carbocycles. The summed E-state index contributed by atoms with van der Waals surface area (Å²) >= 11 is 0. The van der Waals surface area contributed by atoms with Crippen molar-refractivity contribution >= 4 is 17.9 Å². The smallest absolute Gasteiger partial charge is 0.408 e. The third-order valence-corrected chi connectivity index (χ3v) is 4.45. The number of carbonyl (C=O) groups is 3. The van der Waals surface area contributed by atoms with E-state index in [9.17, 15) is 14.4 Å². The van der Waals surface area contributed by atoms with Gasteiger partial charge in [0.25, 0.3) is 5.91 Å². The fourth-order valence-corrected chi connectivity index (χ4v) is 2.97. The number of nitrogens with one attached hydrogen (secondary N) is 1. The van der Waals surface area contributed by atoms with Crippen LogP contribution in [-0.4, -0.2) is 72.6 Å². The van der Waals surface area contributed by atoms with Gasteiger partial charge in [-0.3, -0.25) is 9.59 Å². The summed E-state index contributed by atoms with van der Waals surface area (Å²) in [6, 6.07) is 5.82. The highest BCUT2D eigenvalue weighted by Crippen LogP contribution is 2.18. The molecule has 1 aliphatic heterocycles. The Morgan fingerprint density at radius 1 is 1.00 bits per heavy atom. The Bertz CT molecular complexity index is 749. The fourth-order valence-electron chi connectivity index (χ4n) is 2.97. The molecule has 0 aromatic heterocycles. The quantitative estimate of drug-likeness (QED) is 0.808. The molecule has 0 spiro atoms. The molecule has 1 fully saturated rings. The second-order valence-electron chi connectivity index (χ2n) is 8.17. The van der Waals surface area contributed by atoms with Gasteiger partial charge in [0.05, 0.1) is 0 Å². The molecule has 1 heterocycles. The van der Waals surface area contributed by atoms with E-state index in [2.05, 4.69) is 5.32 Å². The molecule has 8 nitrogen and oxygen atoms in total. The van der Waals surface area contributed by atoms with E-state index in [1.54, 1.807) is 30.6 Å². The molecule has 8 heteroatoms. The average Bonchev–Trinajstić information content (AvgIpc) is 2.64. The lowest BCUT2D eigenvalue weighted by Gasteiger charge is -2.34. The Labute approximate surface area is 172 Å². The van der Waals surface area contributed by atoms with Crippen molar-refractivity contribution in [1.29, 1.82) is 0 Å². The van der Waals surface area contributed by atoms with E-state index < -0.39 is 11.7 Å². The maximum atomic E-state index is 12.4. The van der Waals surface area contributed by atoms with Crippen LogP contribution < -0.4 is 10.1 Å². The highest BCUT2D eigenvalue weighted by atomic mass is 16.6. The predicted molar refractivity (Wildman–Crippen MR) is 109 cm³/mol. The normalized spacial score (nSPS) is 14.4. The van der Waals surface area contributed by atoms with Crippen molar-refractivity contribution < 1.29 is 23.9 Å². The number of aryl methyl sites for hydroxylation is 2. The van der Waals surface area contributed by atoms with Gasteiger partial charge in [0.1, 0.15) is 17.9 Å². The van der Waals surface area contributed by atoms with E-state index in [1.807, 2.05) is 32.0 Å². The third-order valence-electron chi connectivity index (χ3n) is 4.45.